The van der Waals surface area contributed by atoms with E-state index < -0.39 is 11.9 Å². The molecule has 1 aliphatic rings. The summed E-state index contributed by atoms with van der Waals surface area (Å²) >= 11 is 0. The number of ether oxygens (including phenoxy) is 1. The second kappa shape index (κ2) is 8.06. The zero-order chi connectivity index (χ0) is 16.8. The van der Waals surface area contributed by atoms with E-state index in [0.29, 0.717) is 12.2 Å². The van der Waals surface area contributed by atoms with Gasteiger partial charge in [0.2, 0.25) is 5.91 Å². The maximum atomic E-state index is 13.1. The van der Waals surface area contributed by atoms with E-state index in [-0.39, 0.29) is 23.7 Å². The summed E-state index contributed by atoms with van der Waals surface area (Å²) < 4.78 is 18.2. The number of nitrogens with one attached hydrogen (secondary N) is 1. The van der Waals surface area contributed by atoms with Gasteiger partial charge in [0.1, 0.15) is 11.9 Å². The Labute approximate surface area is 135 Å². The molecular weight excluding hydrogens is 299 g/mol. The Bertz CT molecular complexity index is 547. The Balaban J connectivity index is 2.15. The van der Waals surface area contributed by atoms with Gasteiger partial charge in [-0.25, -0.2) is 4.39 Å². The molecule has 1 saturated carbocycles. The summed E-state index contributed by atoms with van der Waals surface area (Å²) in [5.41, 5.74) is 6.08. The Kier molecular flexibility index (Phi) is 6.10. The second-order valence-electron chi connectivity index (χ2n) is 5.80. The number of carbonyl (C=O) groups excluding carboxylic acids is 2. The summed E-state index contributed by atoms with van der Waals surface area (Å²) in [6.45, 7) is 2.10. The minimum atomic E-state index is -0.754. The summed E-state index contributed by atoms with van der Waals surface area (Å²) in [7, 11) is 0. The van der Waals surface area contributed by atoms with Crippen LogP contribution in [0.2, 0.25) is 0 Å². The summed E-state index contributed by atoms with van der Waals surface area (Å²) in [6, 6.07) is 4.70. The van der Waals surface area contributed by atoms with Crippen LogP contribution in [-0.4, -0.2) is 24.5 Å². The van der Waals surface area contributed by atoms with Gasteiger partial charge in [0.25, 0.3) is 0 Å². The number of esters is 1. The van der Waals surface area contributed by atoms with Crippen molar-refractivity contribution < 1.29 is 18.7 Å². The molecule has 3 atom stereocenters. The first kappa shape index (κ1) is 17.4. The van der Waals surface area contributed by atoms with Gasteiger partial charge in [-0.2, -0.15) is 0 Å². The number of nitrogens with two attached hydrogens (primary N) is 1. The zero-order valence-corrected chi connectivity index (χ0v) is 13.3. The largest absolute Gasteiger partial charge is 0.466 e. The Morgan fingerprint density at radius 3 is 2.57 bits per heavy atom. The van der Waals surface area contributed by atoms with E-state index in [2.05, 4.69) is 5.32 Å². The van der Waals surface area contributed by atoms with Crippen LogP contribution in [0.3, 0.4) is 0 Å². The molecule has 0 aromatic heterocycles. The van der Waals surface area contributed by atoms with Crippen molar-refractivity contribution >= 4 is 11.9 Å². The van der Waals surface area contributed by atoms with Gasteiger partial charge in [-0.05, 0) is 37.5 Å². The lowest BCUT2D eigenvalue weighted by molar-refractivity contribution is -0.150. The minimum absolute atomic E-state index is 0.176. The number of halogens is 1. The molecule has 6 heteroatoms. The molecule has 0 saturated heterocycles. The van der Waals surface area contributed by atoms with Crippen LogP contribution >= 0.6 is 0 Å². The van der Waals surface area contributed by atoms with Crippen molar-refractivity contribution in [2.75, 3.05) is 6.61 Å². The number of benzene rings is 1. The first-order valence-electron chi connectivity index (χ1n) is 8.00. The third kappa shape index (κ3) is 4.51. The lowest BCUT2D eigenvalue weighted by Crippen LogP contribution is -2.47. The normalized spacial score (nSPS) is 22.3. The van der Waals surface area contributed by atoms with Crippen molar-refractivity contribution in [2.24, 2.45) is 11.7 Å². The van der Waals surface area contributed by atoms with Gasteiger partial charge in [0, 0.05) is 6.04 Å². The molecule has 1 fully saturated rings. The highest BCUT2D eigenvalue weighted by Gasteiger charge is 2.34. The summed E-state index contributed by atoms with van der Waals surface area (Å²) in [5, 5.41) is 3.18. The third-order valence-electron chi connectivity index (χ3n) is 4.22. The lowest BCUT2D eigenvalue weighted by Gasteiger charge is -2.33. The van der Waals surface area contributed by atoms with Crippen LogP contribution in [0.15, 0.2) is 24.3 Å². The lowest BCUT2D eigenvalue weighted by atomic mass is 9.83. The Hall–Kier alpha value is -1.95. The third-order valence-corrected chi connectivity index (χ3v) is 4.22. The first-order valence-corrected chi connectivity index (χ1v) is 8.00. The van der Waals surface area contributed by atoms with E-state index in [9.17, 15) is 14.0 Å². The quantitative estimate of drug-likeness (QED) is 0.786. The first-order chi connectivity index (χ1) is 11.0. The SMILES string of the molecule is CCOC(=O)[C@H]1CCCC[C@H]1N[C@H](C(N)=O)c1ccc(F)cc1. The smallest absolute Gasteiger partial charge is 0.310 e. The molecule has 5 nitrogen and oxygen atoms in total. The molecule has 1 amide bonds. The summed E-state index contributed by atoms with van der Waals surface area (Å²) in [5.74, 6) is -1.46. The molecule has 0 aliphatic heterocycles. The number of primary amides is 1. The monoisotopic (exact) mass is 322 g/mol. The van der Waals surface area contributed by atoms with E-state index in [1.807, 2.05) is 0 Å². The average molecular weight is 322 g/mol. The second-order valence-corrected chi connectivity index (χ2v) is 5.80. The van der Waals surface area contributed by atoms with E-state index in [1.165, 1.54) is 24.3 Å². The highest BCUT2D eigenvalue weighted by atomic mass is 19.1. The van der Waals surface area contributed by atoms with Crippen molar-refractivity contribution in [3.8, 4) is 0 Å². The molecule has 1 aliphatic carbocycles. The standard InChI is InChI=1S/C17H23FN2O3/c1-2-23-17(22)13-5-3-4-6-14(13)20-15(16(19)21)11-7-9-12(18)10-8-11/h7-10,13-15,20H,2-6H2,1H3,(H2,19,21)/t13-,14+,15-/m0/s1. The zero-order valence-electron chi connectivity index (χ0n) is 13.3. The number of rotatable bonds is 6. The van der Waals surface area contributed by atoms with Crippen LogP contribution in [0.5, 0.6) is 0 Å². The highest BCUT2D eigenvalue weighted by molar-refractivity contribution is 5.81. The van der Waals surface area contributed by atoms with Crippen molar-refractivity contribution in [3.05, 3.63) is 35.6 Å². The van der Waals surface area contributed by atoms with Crippen molar-refractivity contribution in [1.82, 2.24) is 5.32 Å². The molecule has 1 aromatic carbocycles. The molecule has 0 bridgehead atoms. The molecule has 1 aromatic rings. The van der Waals surface area contributed by atoms with Crippen LogP contribution in [0.25, 0.3) is 0 Å². The van der Waals surface area contributed by atoms with Crippen LogP contribution in [0, 0.1) is 11.7 Å². The molecule has 0 spiro atoms. The predicted molar refractivity (Wildman–Crippen MR) is 83.9 cm³/mol. The van der Waals surface area contributed by atoms with Crippen molar-refractivity contribution in [3.63, 3.8) is 0 Å². The van der Waals surface area contributed by atoms with Gasteiger partial charge < -0.3 is 10.5 Å². The number of hydrogen-bond acceptors (Lipinski definition) is 4. The maximum absolute atomic E-state index is 13.1. The fourth-order valence-corrected chi connectivity index (χ4v) is 3.07. The van der Waals surface area contributed by atoms with Gasteiger partial charge in [0.05, 0.1) is 12.5 Å². The van der Waals surface area contributed by atoms with Gasteiger partial charge in [-0.1, -0.05) is 25.0 Å². The van der Waals surface area contributed by atoms with Crippen molar-refractivity contribution in [1.29, 1.82) is 0 Å². The van der Waals surface area contributed by atoms with E-state index in [0.717, 1.165) is 25.7 Å². The summed E-state index contributed by atoms with van der Waals surface area (Å²) in [6.07, 6.45) is 3.43. The van der Waals surface area contributed by atoms with Gasteiger partial charge in [-0.15, -0.1) is 0 Å². The van der Waals surface area contributed by atoms with Gasteiger partial charge >= 0.3 is 5.97 Å². The van der Waals surface area contributed by atoms with E-state index >= 15 is 0 Å². The number of carbonyl (C=O) groups is 2. The van der Waals surface area contributed by atoms with Crippen molar-refractivity contribution in [2.45, 2.75) is 44.7 Å². The van der Waals surface area contributed by atoms with Crippen LogP contribution in [0.1, 0.15) is 44.2 Å². The Morgan fingerprint density at radius 1 is 1.30 bits per heavy atom. The van der Waals surface area contributed by atoms with Gasteiger partial charge in [-0.3, -0.25) is 14.9 Å². The maximum Gasteiger partial charge on any atom is 0.310 e. The summed E-state index contributed by atoms with van der Waals surface area (Å²) in [4.78, 5) is 23.9. The highest BCUT2D eigenvalue weighted by Crippen LogP contribution is 2.28. The molecule has 3 N–H and O–H groups in total. The molecule has 0 unspecified atom stereocenters. The molecule has 0 radical (unpaired) electrons. The fraction of sp³-hybridized carbons (Fsp3) is 0.529. The predicted octanol–water partition coefficient (Wildman–Crippen LogP) is 2.06. The minimum Gasteiger partial charge on any atom is -0.466 e. The van der Waals surface area contributed by atoms with Crippen LogP contribution in [-0.2, 0) is 14.3 Å². The molecular formula is C17H23FN2O3. The fourth-order valence-electron chi connectivity index (χ4n) is 3.07. The molecule has 0 heterocycles. The topological polar surface area (TPSA) is 81.4 Å². The average Bonchev–Trinajstić information content (AvgIpc) is 2.54. The van der Waals surface area contributed by atoms with E-state index in [4.69, 9.17) is 10.5 Å². The van der Waals surface area contributed by atoms with E-state index in [1.54, 1.807) is 6.92 Å². The van der Waals surface area contributed by atoms with Crippen LogP contribution in [0.4, 0.5) is 4.39 Å². The molecule has 23 heavy (non-hydrogen) atoms. The Morgan fingerprint density at radius 2 is 1.96 bits per heavy atom. The number of amides is 1. The molecule has 126 valence electrons. The van der Waals surface area contributed by atoms with Crippen LogP contribution < -0.4 is 11.1 Å². The van der Waals surface area contributed by atoms with Gasteiger partial charge in [0.15, 0.2) is 0 Å². The number of hydrogen-bond donors (Lipinski definition) is 2. The molecule has 2 rings (SSSR count).